The second-order valence-electron chi connectivity index (χ2n) is 7.18. The Hall–Kier alpha value is -3.20. The van der Waals surface area contributed by atoms with Gasteiger partial charge in [-0.05, 0) is 41.5 Å². The fourth-order valence-electron chi connectivity index (χ4n) is 3.08. The summed E-state index contributed by atoms with van der Waals surface area (Å²) in [4.78, 5) is 24.2. The summed E-state index contributed by atoms with van der Waals surface area (Å²) in [5.41, 5.74) is 1.90. The molecule has 9 heteroatoms. The lowest BCUT2D eigenvalue weighted by molar-refractivity contribution is -0.121. The number of methoxy groups -OCH3 is 1. The lowest BCUT2D eigenvalue weighted by Gasteiger charge is -2.22. The van der Waals surface area contributed by atoms with Crippen LogP contribution in [-0.4, -0.2) is 38.3 Å². The average molecular weight is 487 g/mol. The van der Waals surface area contributed by atoms with Gasteiger partial charge in [0, 0.05) is 18.1 Å². The number of hydrogen-bond acceptors (Lipinski definition) is 5. The fourth-order valence-corrected chi connectivity index (χ4v) is 4.77. The Morgan fingerprint density at radius 1 is 0.939 bits per heavy atom. The van der Waals surface area contributed by atoms with Gasteiger partial charge in [0.25, 0.3) is 0 Å². The van der Waals surface area contributed by atoms with Gasteiger partial charge in [-0.15, -0.1) is 0 Å². The first-order chi connectivity index (χ1) is 15.8. The Balaban J connectivity index is 1.74. The van der Waals surface area contributed by atoms with Gasteiger partial charge < -0.3 is 10.1 Å². The number of nitrogens with zero attached hydrogens (tertiary/aromatic N) is 1. The number of rotatable bonds is 9. The third kappa shape index (κ3) is 6.64. The quantitative estimate of drug-likeness (QED) is 0.466. The van der Waals surface area contributed by atoms with Gasteiger partial charge in [-0.1, -0.05) is 60.1 Å². The summed E-state index contributed by atoms with van der Waals surface area (Å²) < 4.78 is 32.3. The van der Waals surface area contributed by atoms with E-state index in [-0.39, 0.29) is 29.6 Å². The molecule has 0 aromatic heterocycles. The molecule has 0 unspecified atom stereocenters. The molecule has 0 spiro atoms. The normalized spacial score (nSPS) is 11.2. The lowest BCUT2D eigenvalue weighted by Crippen LogP contribution is -2.40. The molecule has 1 N–H and O–H groups in total. The van der Waals surface area contributed by atoms with Crippen LogP contribution in [0, 0.1) is 0 Å². The zero-order valence-electron chi connectivity index (χ0n) is 17.9. The van der Waals surface area contributed by atoms with Crippen LogP contribution in [0.25, 0.3) is 0 Å². The number of hydrogen-bond donors (Lipinski definition) is 1. The van der Waals surface area contributed by atoms with Gasteiger partial charge in [0.05, 0.1) is 24.1 Å². The molecule has 7 nitrogen and oxygen atoms in total. The highest BCUT2D eigenvalue weighted by Gasteiger charge is 2.27. The Labute approximate surface area is 198 Å². The molecule has 3 rings (SSSR count). The Kier molecular flexibility index (Phi) is 8.21. The van der Waals surface area contributed by atoms with E-state index in [0.717, 1.165) is 15.4 Å². The minimum Gasteiger partial charge on any atom is -0.465 e. The number of ether oxygens (including phenoxy) is 1. The molecule has 172 valence electrons. The first-order valence-corrected chi connectivity index (χ1v) is 11.8. The van der Waals surface area contributed by atoms with Crippen LogP contribution in [0.5, 0.6) is 0 Å². The summed E-state index contributed by atoms with van der Waals surface area (Å²) >= 11 is 5.99. The van der Waals surface area contributed by atoms with E-state index in [2.05, 4.69) is 10.1 Å². The Bertz CT molecular complexity index is 1220. The second-order valence-corrected chi connectivity index (χ2v) is 9.56. The van der Waals surface area contributed by atoms with E-state index in [1.807, 2.05) is 6.07 Å². The highest BCUT2D eigenvalue weighted by Crippen LogP contribution is 2.21. The third-order valence-electron chi connectivity index (χ3n) is 4.82. The van der Waals surface area contributed by atoms with Gasteiger partial charge in [0.1, 0.15) is 0 Å². The van der Waals surface area contributed by atoms with Crippen molar-refractivity contribution in [2.24, 2.45) is 0 Å². The van der Waals surface area contributed by atoms with Crippen molar-refractivity contribution < 1.29 is 22.7 Å². The van der Waals surface area contributed by atoms with E-state index in [1.54, 1.807) is 60.7 Å². The average Bonchev–Trinajstić information content (AvgIpc) is 2.83. The predicted molar refractivity (Wildman–Crippen MR) is 125 cm³/mol. The number of carbonyl (C=O) groups excluding carboxylic acids is 2. The molecule has 0 atom stereocenters. The maximum Gasteiger partial charge on any atom is 0.337 e. The third-order valence-corrected chi connectivity index (χ3v) is 6.84. The lowest BCUT2D eigenvalue weighted by atomic mass is 10.1. The monoisotopic (exact) mass is 486 g/mol. The minimum atomic E-state index is -3.98. The van der Waals surface area contributed by atoms with E-state index in [1.165, 1.54) is 19.2 Å². The summed E-state index contributed by atoms with van der Waals surface area (Å²) in [5.74, 6) is -0.915. The van der Waals surface area contributed by atoms with E-state index in [9.17, 15) is 18.0 Å². The Morgan fingerprint density at radius 2 is 1.64 bits per heavy atom. The van der Waals surface area contributed by atoms with Crippen molar-refractivity contribution in [1.82, 2.24) is 9.62 Å². The largest absolute Gasteiger partial charge is 0.465 e. The van der Waals surface area contributed by atoms with Gasteiger partial charge in [-0.2, -0.15) is 4.31 Å². The molecular weight excluding hydrogens is 464 g/mol. The molecule has 33 heavy (non-hydrogen) atoms. The smallest absolute Gasteiger partial charge is 0.337 e. The van der Waals surface area contributed by atoms with Crippen LogP contribution in [0.2, 0.25) is 5.02 Å². The van der Waals surface area contributed by atoms with Crippen molar-refractivity contribution in [3.63, 3.8) is 0 Å². The number of nitrogens with one attached hydrogen (secondary N) is 1. The number of esters is 1. The molecule has 0 saturated carbocycles. The van der Waals surface area contributed by atoms with Gasteiger partial charge in [0.2, 0.25) is 15.9 Å². The molecule has 0 aliphatic carbocycles. The summed E-state index contributed by atoms with van der Waals surface area (Å²) in [7, 11) is -2.68. The number of sulfonamides is 1. The maximum atomic E-state index is 13.3. The highest BCUT2D eigenvalue weighted by molar-refractivity contribution is 7.89. The van der Waals surface area contributed by atoms with Crippen molar-refractivity contribution in [2.75, 3.05) is 13.7 Å². The van der Waals surface area contributed by atoms with E-state index in [0.29, 0.717) is 5.56 Å². The van der Waals surface area contributed by atoms with Gasteiger partial charge in [-0.25, -0.2) is 13.2 Å². The van der Waals surface area contributed by atoms with Crippen molar-refractivity contribution in [1.29, 1.82) is 0 Å². The van der Waals surface area contributed by atoms with Crippen molar-refractivity contribution in [2.45, 2.75) is 18.0 Å². The SMILES string of the molecule is COC(=O)c1ccc(CNC(=O)CN(Cc2ccccc2)S(=O)(=O)c2cccc(Cl)c2)cc1. The van der Waals surface area contributed by atoms with Crippen LogP contribution < -0.4 is 5.32 Å². The number of amides is 1. The van der Waals surface area contributed by atoms with E-state index < -0.39 is 21.9 Å². The first kappa shape index (κ1) is 24.4. The summed E-state index contributed by atoms with van der Waals surface area (Å²) in [6.07, 6.45) is 0. The molecule has 0 heterocycles. The standard InChI is InChI=1S/C24H23ClN2O5S/c1-32-24(29)20-12-10-18(11-13-20)15-26-23(28)17-27(16-19-6-3-2-4-7-19)33(30,31)22-9-5-8-21(25)14-22/h2-14H,15-17H2,1H3,(H,26,28). The molecule has 3 aromatic carbocycles. The topological polar surface area (TPSA) is 92.8 Å². The fraction of sp³-hybridized carbons (Fsp3) is 0.167. The van der Waals surface area contributed by atoms with Crippen molar-refractivity contribution in [3.05, 3.63) is 101 Å². The van der Waals surface area contributed by atoms with Gasteiger partial charge in [0.15, 0.2) is 0 Å². The van der Waals surface area contributed by atoms with Crippen LogP contribution in [0.3, 0.4) is 0 Å². The van der Waals surface area contributed by atoms with E-state index in [4.69, 9.17) is 11.6 Å². The molecule has 0 aliphatic rings. The first-order valence-electron chi connectivity index (χ1n) is 10.0. The van der Waals surface area contributed by atoms with Crippen LogP contribution in [0.15, 0.2) is 83.8 Å². The van der Waals surface area contributed by atoms with Crippen molar-refractivity contribution in [3.8, 4) is 0 Å². The summed E-state index contributed by atoms with van der Waals surface area (Å²) in [5, 5.41) is 3.01. The Morgan fingerprint density at radius 3 is 2.27 bits per heavy atom. The van der Waals surface area contributed by atoms with Crippen LogP contribution in [-0.2, 0) is 32.6 Å². The molecule has 3 aromatic rings. The summed E-state index contributed by atoms with van der Waals surface area (Å²) in [6, 6.07) is 21.5. The number of carbonyl (C=O) groups is 2. The summed E-state index contributed by atoms with van der Waals surface area (Å²) in [6.45, 7) is -0.169. The predicted octanol–water partition coefficient (Wildman–Crippen LogP) is 3.63. The van der Waals surface area contributed by atoms with Crippen molar-refractivity contribution >= 4 is 33.5 Å². The minimum absolute atomic E-state index is 0.0112. The zero-order chi connectivity index (χ0) is 23.8. The van der Waals surface area contributed by atoms with Gasteiger partial charge in [-0.3, -0.25) is 4.79 Å². The van der Waals surface area contributed by atoms with Crippen LogP contribution in [0.4, 0.5) is 0 Å². The second kappa shape index (κ2) is 11.1. The molecule has 1 amide bonds. The molecule has 0 bridgehead atoms. The van der Waals surface area contributed by atoms with Crippen LogP contribution >= 0.6 is 11.6 Å². The molecular formula is C24H23ClN2O5S. The van der Waals surface area contributed by atoms with Crippen LogP contribution in [0.1, 0.15) is 21.5 Å². The number of benzene rings is 3. The van der Waals surface area contributed by atoms with E-state index >= 15 is 0 Å². The maximum absolute atomic E-state index is 13.3. The number of halogens is 1. The van der Waals surface area contributed by atoms with Gasteiger partial charge >= 0.3 is 5.97 Å². The molecule has 0 fully saturated rings. The highest BCUT2D eigenvalue weighted by atomic mass is 35.5. The molecule has 0 aliphatic heterocycles. The zero-order valence-corrected chi connectivity index (χ0v) is 19.5. The molecule has 0 saturated heterocycles. The molecule has 0 radical (unpaired) electrons.